The van der Waals surface area contributed by atoms with E-state index in [1.54, 1.807) is 0 Å². The van der Waals surface area contributed by atoms with E-state index < -0.39 is 23.1 Å². The molecule has 6 rings (SSSR count). The molecule has 12 heteroatoms. The van der Waals surface area contributed by atoms with E-state index in [1.165, 1.54) is 0 Å². The molecule has 11 nitrogen and oxygen atoms in total. The number of amides is 4. The summed E-state index contributed by atoms with van der Waals surface area (Å²) in [4.78, 5) is 28.2. The lowest BCUT2D eigenvalue weighted by Crippen LogP contribution is -2.50. The van der Waals surface area contributed by atoms with Crippen molar-refractivity contribution in [2.24, 2.45) is 5.92 Å². The monoisotopic (exact) mass is 691 g/mol. The summed E-state index contributed by atoms with van der Waals surface area (Å²) in [5.41, 5.74) is 3.56. The minimum atomic E-state index is -0.891. The van der Waals surface area contributed by atoms with E-state index in [9.17, 15) is 18.9 Å². The molecule has 264 valence electrons. The quantitative estimate of drug-likeness (QED) is 0.131. The van der Waals surface area contributed by atoms with Gasteiger partial charge in [-0.25, -0.2) is 9.59 Å². The first-order chi connectivity index (χ1) is 23.5. The highest BCUT2D eigenvalue weighted by molar-refractivity contribution is 7.85. The summed E-state index contributed by atoms with van der Waals surface area (Å²) in [6.07, 6.45) is 2.03. The number of para-hydroxylation sites is 2. The summed E-state index contributed by atoms with van der Waals surface area (Å²) in [6, 6.07) is 13.8. The first-order valence-corrected chi connectivity index (χ1v) is 18.9. The number of carbonyl (C=O) groups is 2. The highest BCUT2D eigenvalue weighted by Gasteiger charge is 2.37. The smallest absolute Gasteiger partial charge is 0.315 e. The molecule has 2 aliphatic heterocycles. The van der Waals surface area contributed by atoms with Crippen molar-refractivity contribution in [3.8, 4) is 0 Å². The summed E-state index contributed by atoms with van der Waals surface area (Å²) in [6.45, 7) is 10.7. The van der Waals surface area contributed by atoms with Gasteiger partial charge >= 0.3 is 12.1 Å². The molecule has 0 saturated carbocycles. The van der Waals surface area contributed by atoms with E-state index in [2.05, 4.69) is 35.1 Å². The third kappa shape index (κ3) is 7.66. The van der Waals surface area contributed by atoms with Crippen LogP contribution in [0.1, 0.15) is 81.2 Å². The van der Waals surface area contributed by atoms with Gasteiger partial charge in [-0.05, 0) is 71.4 Å². The van der Waals surface area contributed by atoms with Crippen molar-refractivity contribution in [2.75, 3.05) is 18.1 Å². The molecule has 4 aromatic rings. The van der Waals surface area contributed by atoms with Crippen LogP contribution in [0.5, 0.6) is 0 Å². The molecule has 2 aliphatic rings. The van der Waals surface area contributed by atoms with E-state index in [-0.39, 0.29) is 42.1 Å². The number of nitrogens with zero attached hydrogens (tertiary/aromatic N) is 1. The molecule has 2 aromatic carbocycles. The van der Waals surface area contributed by atoms with Crippen molar-refractivity contribution in [2.45, 2.75) is 96.7 Å². The Bertz CT molecular complexity index is 1820. The molecule has 2 saturated heterocycles. The third-order valence-electron chi connectivity index (χ3n) is 10.4. The number of furan rings is 2. The number of hydrogen-bond acceptors (Lipinski definition) is 7. The fourth-order valence-electron chi connectivity index (χ4n) is 7.45. The predicted molar refractivity (Wildman–Crippen MR) is 192 cm³/mol. The van der Waals surface area contributed by atoms with Crippen LogP contribution < -0.4 is 21.3 Å². The maximum absolute atomic E-state index is 13.2. The number of aryl methyl sites for hydroxylation is 2. The van der Waals surface area contributed by atoms with Crippen LogP contribution in [0.3, 0.4) is 0 Å². The van der Waals surface area contributed by atoms with Crippen molar-refractivity contribution in [3.63, 3.8) is 0 Å². The molecule has 0 radical (unpaired) electrons. The van der Waals surface area contributed by atoms with Gasteiger partial charge in [0.1, 0.15) is 28.9 Å². The average Bonchev–Trinajstić information content (AvgIpc) is 3.84. The number of aliphatic hydroxyl groups excluding tert-OH is 1. The van der Waals surface area contributed by atoms with E-state index in [0.717, 1.165) is 51.7 Å². The normalized spacial score (nSPS) is 23.7. The second-order valence-corrected chi connectivity index (χ2v) is 15.5. The van der Waals surface area contributed by atoms with Gasteiger partial charge in [0, 0.05) is 62.8 Å². The van der Waals surface area contributed by atoms with Crippen LogP contribution in [0.4, 0.5) is 9.59 Å². The molecule has 8 atom stereocenters. The van der Waals surface area contributed by atoms with Gasteiger partial charge in [0.05, 0.1) is 18.1 Å². The van der Waals surface area contributed by atoms with Gasteiger partial charge in [0.15, 0.2) is 0 Å². The molecule has 0 spiro atoms. The van der Waals surface area contributed by atoms with Crippen LogP contribution in [-0.4, -0.2) is 68.7 Å². The summed E-state index contributed by atoms with van der Waals surface area (Å²) in [7, 11) is -0.891. The number of carbonyl (C=O) groups excluding carboxylic acids is 2. The molecule has 0 bridgehead atoms. The lowest BCUT2D eigenvalue weighted by Gasteiger charge is -2.31. The number of urea groups is 2. The van der Waals surface area contributed by atoms with Gasteiger partial charge in [0.2, 0.25) is 0 Å². The average molecular weight is 692 g/mol. The fourth-order valence-corrected chi connectivity index (χ4v) is 8.86. The number of aliphatic hydroxyl groups is 1. The van der Waals surface area contributed by atoms with Crippen LogP contribution in [0.2, 0.25) is 0 Å². The zero-order valence-electron chi connectivity index (χ0n) is 29.0. The Balaban J connectivity index is 1.05. The number of likely N-dealkylation sites (tertiary alicyclic amines) is 1. The summed E-state index contributed by atoms with van der Waals surface area (Å²) >= 11 is 0. The van der Waals surface area contributed by atoms with Gasteiger partial charge < -0.3 is 35.2 Å². The van der Waals surface area contributed by atoms with Crippen LogP contribution in [0, 0.1) is 19.8 Å². The zero-order valence-corrected chi connectivity index (χ0v) is 29.8. The molecule has 49 heavy (non-hydrogen) atoms. The van der Waals surface area contributed by atoms with Gasteiger partial charge in [-0.3, -0.25) is 9.11 Å². The first-order valence-electron chi connectivity index (χ1n) is 17.4. The van der Waals surface area contributed by atoms with E-state index in [1.807, 2.05) is 74.2 Å². The molecule has 5 N–H and O–H groups in total. The van der Waals surface area contributed by atoms with Crippen molar-refractivity contribution < 1.29 is 27.7 Å². The maximum atomic E-state index is 13.2. The molecular formula is C37H49N5O6S. The second-order valence-electron chi connectivity index (χ2n) is 13.9. The van der Waals surface area contributed by atoms with Crippen LogP contribution in [-0.2, 0) is 10.8 Å². The number of fused-ring (bicyclic) bond motifs is 2. The predicted octanol–water partition coefficient (Wildman–Crippen LogP) is 5.92. The highest BCUT2D eigenvalue weighted by atomic mass is 32.2. The Morgan fingerprint density at radius 2 is 1.49 bits per heavy atom. The Morgan fingerprint density at radius 3 is 2.12 bits per heavy atom. The van der Waals surface area contributed by atoms with E-state index in [4.69, 9.17) is 8.83 Å². The zero-order chi connectivity index (χ0) is 34.8. The maximum Gasteiger partial charge on any atom is 0.315 e. The minimum Gasteiger partial charge on any atom is -0.459 e. The number of hydrogen-bond donors (Lipinski definition) is 5. The molecule has 6 unspecified atom stereocenters. The topological polar surface area (TPSA) is 149 Å². The van der Waals surface area contributed by atoms with Gasteiger partial charge in [-0.2, -0.15) is 0 Å². The third-order valence-corrected chi connectivity index (χ3v) is 11.8. The first kappa shape index (κ1) is 35.0. The highest BCUT2D eigenvalue weighted by Crippen LogP contribution is 2.35. The number of benzene rings is 2. The van der Waals surface area contributed by atoms with Crippen molar-refractivity contribution in [3.05, 3.63) is 71.2 Å². The Hall–Kier alpha value is -3.87. The van der Waals surface area contributed by atoms with Crippen molar-refractivity contribution in [1.82, 2.24) is 26.2 Å². The SMILES string of the molecule is Cc1c([C@H](C)NC(=O)NC2CCN(C(C)CCC(C)[C@@H](NC(=O)NC3CCS(=O)C3)c3oc4ccccc4c3C)C2O)oc2ccccc12. The molecule has 4 amide bonds. The lowest BCUT2D eigenvalue weighted by atomic mass is 9.91. The Labute approximate surface area is 290 Å². The van der Waals surface area contributed by atoms with Crippen molar-refractivity contribution in [1.29, 1.82) is 0 Å². The standard InChI is InChI=1S/C37H49N5O6S/c1-21(32(41-37(45)39-26-17-19-49(46)20-26)34-24(4)28-11-7-9-13-31(28)48-34)14-15-22(2)42-18-16-29(35(42)43)40-36(44)38-25(5)33-23(3)27-10-6-8-12-30(27)47-33/h6-13,21-22,25-26,29,32,35,43H,14-20H2,1-5H3,(H2,38,40,44)(H2,39,41,45)/t21?,22?,25-,26?,29?,32+,35?,49?/m0/s1. The largest absolute Gasteiger partial charge is 0.459 e. The summed E-state index contributed by atoms with van der Waals surface area (Å²) in [5, 5.41) is 25.4. The minimum absolute atomic E-state index is 0.00723. The summed E-state index contributed by atoms with van der Waals surface area (Å²) in [5.74, 6) is 2.54. The van der Waals surface area contributed by atoms with Crippen LogP contribution >= 0.6 is 0 Å². The van der Waals surface area contributed by atoms with E-state index in [0.29, 0.717) is 36.7 Å². The van der Waals surface area contributed by atoms with E-state index >= 15 is 0 Å². The van der Waals surface area contributed by atoms with Crippen LogP contribution in [0.15, 0.2) is 57.4 Å². The molecule has 4 heterocycles. The van der Waals surface area contributed by atoms with Gasteiger partial charge in [-0.15, -0.1) is 0 Å². The van der Waals surface area contributed by atoms with Crippen LogP contribution in [0.25, 0.3) is 21.9 Å². The summed E-state index contributed by atoms with van der Waals surface area (Å²) < 4.78 is 24.2. The van der Waals surface area contributed by atoms with Gasteiger partial charge in [-0.1, -0.05) is 43.3 Å². The lowest BCUT2D eigenvalue weighted by molar-refractivity contribution is -0.00383. The van der Waals surface area contributed by atoms with Gasteiger partial charge in [0.25, 0.3) is 0 Å². The Kier molecular flexibility index (Phi) is 10.7. The van der Waals surface area contributed by atoms with Crippen molar-refractivity contribution >= 4 is 44.8 Å². The number of rotatable bonds is 11. The molecule has 2 aromatic heterocycles. The molecular weight excluding hydrogens is 643 g/mol. The molecule has 2 fully saturated rings. The number of nitrogens with one attached hydrogen (secondary N) is 4. The fraction of sp³-hybridized carbons (Fsp3) is 0.514. The Morgan fingerprint density at radius 1 is 0.878 bits per heavy atom. The second kappa shape index (κ2) is 14.9. The molecule has 0 aliphatic carbocycles.